The fraction of sp³-hybridized carbons (Fsp3) is 0.290. The molecule has 0 unspecified atom stereocenters. The topological polar surface area (TPSA) is 35.9 Å². The first-order valence-electron chi connectivity index (χ1n) is 23.6. The molecule has 9 rings (SSSR count). The number of benzene rings is 6. The number of pyridine rings is 1. The molecule has 0 saturated heterocycles. The first-order chi connectivity index (χ1) is 31.6. The van der Waals surface area contributed by atoms with Crippen LogP contribution in [0.3, 0.4) is 0 Å². The number of ether oxygens (including phenoxy) is 1. The molecule has 9 aromatic rings. The molecular formula is C62H64N4OPt-2. The van der Waals surface area contributed by atoms with E-state index in [4.69, 9.17) is 9.72 Å². The van der Waals surface area contributed by atoms with Gasteiger partial charge in [0.1, 0.15) is 5.82 Å². The van der Waals surface area contributed by atoms with E-state index in [1.165, 1.54) is 27.8 Å². The Hall–Kier alpha value is -6.03. The maximum absolute atomic E-state index is 6.94. The van der Waals surface area contributed by atoms with E-state index in [0.717, 1.165) is 50.3 Å². The Morgan fingerprint density at radius 2 is 1.09 bits per heavy atom. The van der Waals surface area contributed by atoms with Crippen molar-refractivity contribution in [2.24, 2.45) is 0 Å². The molecule has 0 fully saturated rings. The van der Waals surface area contributed by atoms with Crippen LogP contribution < -0.4 is 9.30 Å². The van der Waals surface area contributed by atoms with Gasteiger partial charge in [-0.2, -0.15) is 12.1 Å². The van der Waals surface area contributed by atoms with Crippen molar-refractivity contribution in [3.63, 3.8) is 0 Å². The van der Waals surface area contributed by atoms with Crippen LogP contribution in [0.15, 0.2) is 152 Å². The molecule has 0 N–H and O–H groups in total. The Labute approximate surface area is 419 Å². The Morgan fingerprint density at radius 3 is 1.71 bits per heavy atom. The van der Waals surface area contributed by atoms with Crippen LogP contribution in [-0.4, -0.2) is 14.1 Å². The van der Waals surface area contributed by atoms with Crippen molar-refractivity contribution in [2.75, 3.05) is 0 Å². The number of aromatic nitrogens is 4. The van der Waals surface area contributed by atoms with Crippen LogP contribution in [0.25, 0.3) is 39.0 Å². The minimum Gasteiger partial charge on any atom is -0.510 e. The monoisotopic (exact) mass is 1080 g/mol. The molecule has 0 radical (unpaired) electrons. The minimum atomic E-state index is -0.373. The van der Waals surface area contributed by atoms with Gasteiger partial charge in [-0.1, -0.05) is 180 Å². The summed E-state index contributed by atoms with van der Waals surface area (Å²) in [5, 5.41) is 2.22. The SMILES string of the molecule is CC(C)(C)c1cc(-[n+]2[c-]n(-c3[c-]c(Oc4[c-]c5c(cc4)c4ccccc4n5-c4cc(C(C)(C)C)ccn4)cc(C(C)(C)c4ccccc4)c3)cc2C(C)(C)C)cc(C(C)(C)c2ccccc2)c1.[Pt]. The largest absolute Gasteiger partial charge is 0.510 e. The van der Waals surface area contributed by atoms with Gasteiger partial charge >= 0.3 is 0 Å². The Kier molecular flexibility index (Phi) is 12.7. The molecule has 0 bridgehead atoms. The predicted molar refractivity (Wildman–Crippen MR) is 276 cm³/mol. The van der Waals surface area contributed by atoms with Gasteiger partial charge in [-0.05, 0) is 90.9 Å². The molecule has 5 nitrogen and oxygen atoms in total. The van der Waals surface area contributed by atoms with Crippen molar-refractivity contribution in [3.05, 3.63) is 209 Å². The summed E-state index contributed by atoms with van der Waals surface area (Å²) in [6, 6.07) is 57.3. The molecule has 0 saturated carbocycles. The number of nitrogens with zero attached hydrogens (tertiary/aromatic N) is 4. The third kappa shape index (κ3) is 9.27. The first kappa shape index (κ1) is 48.4. The van der Waals surface area contributed by atoms with Crippen molar-refractivity contribution in [1.29, 1.82) is 0 Å². The molecular weight excluding hydrogens is 1010 g/mol. The van der Waals surface area contributed by atoms with Crippen LogP contribution in [-0.2, 0) is 48.1 Å². The molecule has 350 valence electrons. The maximum Gasteiger partial charge on any atom is 0.267 e. The van der Waals surface area contributed by atoms with Crippen LogP contribution in [0.5, 0.6) is 11.5 Å². The molecule has 6 heteroatoms. The van der Waals surface area contributed by atoms with Gasteiger partial charge in [-0.25, -0.2) is 4.98 Å². The fourth-order valence-electron chi connectivity index (χ4n) is 9.17. The number of rotatable bonds is 9. The van der Waals surface area contributed by atoms with Crippen molar-refractivity contribution in [2.45, 2.75) is 117 Å². The summed E-state index contributed by atoms with van der Waals surface area (Å²) in [6.07, 6.45) is 7.96. The summed E-state index contributed by atoms with van der Waals surface area (Å²) in [7, 11) is 0. The van der Waals surface area contributed by atoms with Crippen molar-refractivity contribution in [3.8, 4) is 28.7 Å². The van der Waals surface area contributed by atoms with E-state index < -0.39 is 0 Å². The van der Waals surface area contributed by atoms with Crippen molar-refractivity contribution >= 4 is 21.8 Å². The van der Waals surface area contributed by atoms with E-state index in [1.807, 2.05) is 12.3 Å². The van der Waals surface area contributed by atoms with Gasteiger partial charge in [-0.15, -0.1) is 35.2 Å². The maximum atomic E-state index is 6.94. The normalized spacial score (nSPS) is 12.7. The molecule has 0 amide bonds. The van der Waals surface area contributed by atoms with E-state index >= 15 is 0 Å². The fourth-order valence-corrected chi connectivity index (χ4v) is 9.17. The van der Waals surface area contributed by atoms with E-state index in [-0.39, 0.29) is 48.1 Å². The average molecular weight is 1080 g/mol. The van der Waals surface area contributed by atoms with Crippen molar-refractivity contribution in [1.82, 2.24) is 14.1 Å². The zero-order chi connectivity index (χ0) is 47.7. The summed E-state index contributed by atoms with van der Waals surface area (Å²) < 4.78 is 13.5. The average Bonchev–Trinajstić information content (AvgIpc) is 3.90. The van der Waals surface area contributed by atoms with E-state index in [9.17, 15) is 0 Å². The van der Waals surface area contributed by atoms with E-state index in [2.05, 4.69) is 262 Å². The molecule has 6 aromatic carbocycles. The summed E-state index contributed by atoms with van der Waals surface area (Å²) >= 11 is 0. The third-order valence-electron chi connectivity index (χ3n) is 13.7. The number of hydrogen-bond acceptors (Lipinski definition) is 2. The molecule has 0 aliphatic carbocycles. The molecule has 0 atom stereocenters. The summed E-state index contributed by atoms with van der Waals surface area (Å²) in [5.74, 6) is 2.03. The van der Waals surface area contributed by atoms with Crippen LogP contribution in [0.4, 0.5) is 0 Å². The van der Waals surface area contributed by atoms with Gasteiger partial charge in [0.15, 0.2) is 0 Å². The molecule has 0 aliphatic heterocycles. The van der Waals surface area contributed by atoms with Gasteiger partial charge in [0.05, 0.1) is 11.4 Å². The van der Waals surface area contributed by atoms with Crippen LogP contribution in [0, 0.1) is 18.5 Å². The van der Waals surface area contributed by atoms with E-state index in [1.54, 1.807) is 0 Å². The second-order valence-corrected chi connectivity index (χ2v) is 22.4. The second-order valence-electron chi connectivity index (χ2n) is 22.4. The number of hydrogen-bond donors (Lipinski definition) is 0. The zero-order valence-corrected chi connectivity index (χ0v) is 44.2. The molecule has 3 aromatic heterocycles. The quantitative estimate of drug-likeness (QED) is 0.107. The van der Waals surface area contributed by atoms with Crippen LogP contribution in [0.1, 0.15) is 129 Å². The number of fused-ring (bicyclic) bond motifs is 3. The minimum absolute atomic E-state index is 0. The van der Waals surface area contributed by atoms with Gasteiger partial charge in [0.2, 0.25) is 0 Å². The smallest absolute Gasteiger partial charge is 0.267 e. The number of para-hydroxylation sites is 1. The van der Waals surface area contributed by atoms with E-state index in [0.29, 0.717) is 11.5 Å². The van der Waals surface area contributed by atoms with Crippen molar-refractivity contribution < 1.29 is 30.4 Å². The second kappa shape index (κ2) is 17.8. The predicted octanol–water partition coefficient (Wildman–Crippen LogP) is 15.0. The Balaban J connectivity index is 0.00000625. The Bertz CT molecular complexity index is 3260. The third-order valence-corrected chi connectivity index (χ3v) is 13.7. The van der Waals surface area contributed by atoms with Crippen LogP contribution in [0.2, 0.25) is 0 Å². The summed E-state index contributed by atoms with van der Waals surface area (Å²) in [4.78, 5) is 4.90. The van der Waals surface area contributed by atoms with Crippen LogP contribution >= 0.6 is 0 Å². The summed E-state index contributed by atoms with van der Waals surface area (Å²) in [5.41, 5.74) is 11.4. The molecule has 0 spiro atoms. The molecule has 68 heavy (non-hydrogen) atoms. The van der Waals surface area contributed by atoms with Gasteiger partial charge in [0.25, 0.3) is 6.33 Å². The standard InChI is InChI=1S/C62H64N4O.Pt/c1-58(2,3)44-30-31-63-57(37-44)66-54-27-21-20-26-52(54)53-29-28-50(39-55(53)66)67-51-36-47(62(12,13)43-24-18-15-19-25-43)34-48(38-51)64-40-56(60(7,8)9)65(41-64)49-33-45(59(4,5)6)32-46(35-49)61(10,11)42-22-16-14-17-23-42;/h14-37,40H,1-13H3;/q-2;. The number of imidazole rings is 1. The molecule has 0 aliphatic rings. The van der Waals surface area contributed by atoms with Gasteiger partial charge in [0, 0.05) is 55.9 Å². The Morgan fingerprint density at radius 1 is 0.500 bits per heavy atom. The van der Waals surface area contributed by atoms with Gasteiger partial charge < -0.3 is 13.9 Å². The molecule has 3 heterocycles. The zero-order valence-electron chi connectivity index (χ0n) is 41.9. The van der Waals surface area contributed by atoms with Gasteiger partial charge in [-0.3, -0.25) is 4.57 Å². The summed E-state index contributed by atoms with van der Waals surface area (Å²) in [6.45, 7) is 29.6. The first-order valence-corrected chi connectivity index (χ1v) is 23.6.